The summed E-state index contributed by atoms with van der Waals surface area (Å²) in [5.41, 5.74) is 0.687. The fourth-order valence-electron chi connectivity index (χ4n) is 2.54. The van der Waals surface area contributed by atoms with Crippen LogP contribution in [0.3, 0.4) is 0 Å². The minimum Gasteiger partial charge on any atom is -0.338 e. The molecule has 0 atom stereocenters. The summed E-state index contributed by atoms with van der Waals surface area (Å²) < 4.78 is 5.28. The summed E-state index contributed by atoms with van der Waals surface area (Å²) in [6.45, 7) is 7.72. The average molecular weight is 315 g/mol. The first kappa shape index (κ1) is 15.6. The van der Waals surface area contributed by atoms with Crippen LogP contribution in [0.2, 0.25) is 0 Å². The van der Waals surface area contributed by atoms with E-state index in [1.807, 2.05) is 18.7 Å². The topological polar surface area (TPSA) is 75.4 Å². The zero-order valence-corrected chi connectivity index (χ0v) is 13.5. The zero-order valence-electron chi connectivity index (χ0n) is 13.5. The highest BCUT2D eigenvalue weighted by molar-refractivity contribution is 5.94. The lowest BCUT2D eigenvalue weighted by Gasteiger charge is -2.33. The maximum atomic E-state index is 12.4. The van der Waals surface area contributed by atoms with Crippen molar-refractivity contribution in [3.05, 3.63) is 41.8 Å². The number of aromatic nitrogens is 3. The van der Waals surface area contributed by atoms with E-state index in [0.717, 1.165) is 18.9 Å². The molecule has 0 radical (unpaired) electrons. The van der Waals surface area contributed by atoms with Crippen LogP contribution >= 0.6 is 0 Å². The number of amides is 1. The van der Waals surface area contributed by atoms with Gasteiger partial charge in [0.15, 0.2) is 5.82 Å². The van der Waals surface area contributed by atoms with Gasteiger partial charge in [0, 0.05) is 50.1 Å². The molecule has 2 aromatic rings. The smallest absolute Gasteiger partial charge is 0.254 e. The Hall–Kier alpha value is -2.28. The molecule has 0 saturated carbocycles. The van der Waals surface area contributed by atoms with Gasteiger partial charge >= 0.3 is 0 Å². The van der Waals surface area contributed by atoms with Gasteiger partial charge in [0.1, 0.15) is 0 Å². The van der Waals surface area contributed by atoms with Gasteiger partial charge in [-0.1, -0.05) is 19.0 Å². The van der Waals surface area contributed by atoms with Crippen LogP contribution in [0.25, 0.3) is 0 Å². The molecule has 7 heteroatoms. The number of rotatable bonds is 4. The SMILES string of the molecule is CC(C)c1noc(CN2CCN(C(=O)c3ccncc3)CC2)n1. The molecule has 1 fully saturated rings. The molecule has 1 aliphatic rings. The third-order valence-electron chi connectivity index (χ3n) is 3.95. The van der Waals surface area contributed by atoms with E-state index in [0.29, 0.717) is 31.1 Å². The van der Waals surface area contributed by atoms with Crippen molar-refractivity contribution in [2.75, 3.05) is 26.2 Å². The number of hydrogen-bond acceptors (Lipinski definition) is 6. The van der Waals surface area contributed by atoms with Crippen LogP contribution in [-0.2, 0) is 6.54 Å². The molecule has 1 saturated heterocycles. The van der Waals surface area contributed by atoms with Crippen molar-refractivity contribution in [3.8, 4) is 0 Å². The average Bonchev–Trinajstić information content (AvgIpc) is 3.04. The molecular weight excluding hydrogens is 294 g/mol. The van der Waals surface area contributed by atoms with Gasteiger partial charge in [-0.25, -0.2) is 0 Å². The van der Waals surface area contributed by atoms with Crippen LogP contribution in [0.5, 0.6) is 0 Å². The van der Waals surface area contributed by atoms with E-state index >= 15 is 0 Å². The van der Waals surface area contributed by atoms with Crippen molar-refractivity contribution in [1.29, 1.82) is 0 Å². The Morgan fingerprint density at radius 1 is 1.22 bits per heavy atom. The highest BCUT2D eigenvalue weighted by Crippen LogP contribution is 2.13. The van der Waals surface area contributed by atoms with Crippen molar-refractivity contribution >= 4 is 5.91 Å². The van der Waals surface area contributed by atoms with Gasteiger partial charge in [-0.05, 0) is 12.1 Å². The number of nitrogens with zero attached hydrogens (tertiary/aromatic N) is 5. The fraction of sp³-hybridized carbons (Fsp3) is 0.500. The van der Waals surface area contributed by atoms with Gasteiger partial charge in [-0.2, -0.15) is 4.98 Å². The van der Waals surface area contributed by atoms with Crippen molar-refractivity contribution < 1.29 is 9.32 Å². The van der Waals surface area contributed by atoms with Crippen LogP contribution in [-0.4, -0.2) is 57.0 Å². The Labute approximate surface area is 135 Å². The number of carbonyl (C=O) groups is 1. The molecule has 0 aliphatic carbocycles. The first-order valence-corrected chi connectivity index (χ1v) is 7.87. The minimum absolute atomic E-state index is 0.0620. The summed E-state index contributed by atoms with van der Waals surface area (Å²) in [7, 11) is 0. The van der Waals surface area contributed by atoms with Gasteiger partial charge in [0.25, 0.3) is 5.91 Å². The molecule has 0 N–H and O–H groups in total. The highest BCUT2D eigenvalue weighted by atomic mass is 16.5. The predicted octanol–water partition coefficient (Wildman–Crippen LogP) is 1.55. The third-order valence-corrected chi connectivity index (χ3v) is 3.95. The van der Waals surface area contributed by atoms with Crippen molar-refractivity contribution in [2.24, 2.45) is 0 Å². The minimum atomic E-state index is 0.0620. The summed E-state index contributed by atoms with van der Waals surface area (Å²) >= 11 is 0. The maximum absolute atomic E-state index is 12.4. The molecule has 3 rings (SSSR count). The maximum Gasteiger partial charge on any atom is 0.254 e. The van der Waals surface area contributed by atoms with Crippen molar-refractivity contribution in [1.82, 2.24) is 24.9 Å². The van der Waals surface area contributed by atoms with Crippen LogP contribution < -0.4 is 0 Å². The Morgan fingerprint density at radius 3 is 2.52 bits per heavy atom. The molecule has 23 heavy (non-hydrogen) atoms. The lowest BCUT2D eigenvalue weighted by molar-refractivity contribution is 0.0615. The molecule has 0 bridgehead atoms. The molecule has 0 unspecified atom stereocenters. The second-order valence-corrected chi connectivity index (χ2v) is 6.01. The molecule has 0 aromatic carbocycles. The normalized spacial score (nSPS) is 16.0. The summed E-state index contributed by atoms with van der Waals surface area (Å²) in [4.78, 5) is 24.8. The monoisotopic (exact) mass is 315 g/mol. The Kier molecular flexibility index (Phi) is 4.66. The largest absolute Gasteiger partial charge is 0.338 e. The van der Waals surface area contributed by atoms with Gasteiger partial charge in [-0.3, -0.25) is 14.7 Å². The van der Waals surface area contributed by atoms with Crippen LogP contribution in [0.4, 0.5) is 0 Å². The summed E-state index contributed by atoms with van der Waals surface area (Å²) in [6, 6.07) is 3.50. The third kappa shape index (κ3) is 3.73. The van der Waals surface area contributed by atoms with Crippen molar-refractivity contribution in [2.45, 2.75) is 26.3 Å². The van der Waals surface area contributed by atoms with E-state index in [9.17, 15) is 4.79 Å². The predicted molar refractivity (Wildman–Crippen MR) is 83.8 cm³/mol. The van der Waals surface area contributed by atoms with Crippen molar-refractivity contribution in [3.63, 3.8) is 0 Å². The van der Waals surface area contributed by atoms with Crippen LogP contribution in [0, 0.1) is 0 Å². The Morgan fingerprint density at radius 2 is 1.91 bits per heavy atom. The molecule has 122 valence electrons. The molecular formula is C16H21N5O2. The van der Waals surface area contributed by atoms with Crippen LogP contribution in [0.15, 0.2) is 29.0 Å². The number of pyridine rings is 1. The van der Waals surface area contributed by atoms with E-state index in [2.05, 4.69) is 20.0 Å². The molecule has 2 aromatic heterocycles. The molecule has 1 aliphatic heterocycles. The quantitative estimate of drug-likeness (QED) is 0.852. The zero-order chi connectivity index (χ0) is 16.2. The van der Waals surface area contributed by atoms with Gasteiger partial charge in [0.05, 0.1) is 6.54 Å². The first-order valence-electron chi connectivity index (χ1n) is 7.87. The summed E-state index contributed by atoms with van der Waals surface area (Å²) in [5, 5.41) is 3.98. The van der Waals surface area contributed by atoms with Gasteiger partial charge < -0.3 is 9.42 Å². The first-order chi connectivity index (χ1) is 11.1. The Bertz CT molecular complexity index is 648. The lowest BCUT2D eigenvalue weighted by atomic mass is 10.2. The number of piperazine rings is 1. The summed E-state index contributed by atoms with van der Waals surface area (Å²) in [5.74, 6) is 1.71. The standard InChI is InChI=1S/C16H21N5O2/c1-12(2)15-18-14(23-19-15)11-20-7-9-21(10-8-20)16(22)13-3-5-17-6-4-13/h3-6,12H,7-11H2,1-2H3. The number of carbonyl (C=O) groups excluding carboxylic acids is 1. The van der Waals surface area contributed by atoms with E-state index in [1.54, 1.807) is 24.5 Å². The lowest BCUT2D eigenvalue weighted by Crippen LogP contribution is -2.48. The molecule has 7 nitrogen and oxygen atoms in total. The van der Waals surface area contributed by atoms with E-state index < -0.39 is 0 Å². The summed E-state index contributed by atoms with van der Waals surface area (Å²) in [6.07, 6.45) is 3.29. The van der Waals surface area contributed by atoms with E-state index in [1.165, 1.54) is 0 Å². The fourth-order valence-corrected chi connectivity index (χ4v) is 2.54. The van der Waals surface area contributed by atoms with E-state index in [4.69, 9.17) is 4.52 Å². The second-order valence-electron chi connectivity index (χ2n) is 6.01. The second kappa shape index (κ2) is 6.87. The highest BCUT2D eigenvalue weighted by Gasteiger charge is 2.23. The van der Waals surface area contributed by atoms with Crippen LogP contribution in [0.1, 0.15) is 41.8 Å². The molecule has 1 amide bonds. The van der Waals surface area contributed by atoms with E-state index in [-0.39, 0.29) is 11.8 Å². The Balaban J connectivity index is 1.53. The van der Waals surface area contributed by atoms with Gasteiger partial charge in [0.2, 0.25) is 5.89 Å². The van der Waals surface area contributed by atoms with Gasteiger partial charge in [-0.15, -0.1) is 0 Å². The molecule has 3 heterocycles. The number of hydrogen-bond donors (Lipinski definition) is 0. The molecule has 0 spiro atoms.